The van der Waals surface area contributed by atoms with Gasteiger partial charge in [-0.1, -0.05) is 24.3 Å². The molecule has 1 atom stereocenters. The van der Waals surface area contributed by atoms with Crippen LogP contribution in [0.3, 0.4) is 0 Å². The molecular formula is C13H15F5O2. The van der Waals surface area contributed by atoms with E-state index in [1.54, 1.807) is 0 Å². The van der Waals surface area contributed by atoms with Gasteiger partial charge in [0.1, 0.15) is 11.2 Å². The molecular weight excluding hydrogens is 283 g/mol. The highest BCUT2D eigenvalue weighted by Crippen LogP contribution is 2.55. The van der Waals surface area contributed by atoms with Crippen LogP contribution in [0.1, 0.15) is 20.8 Å². The molecule has 0 saturated heterocycles. The third-order valence-electron chi connectivity index (χ3n) is 2.69. The molecule has 0 aliphatic carbocycles. The predicted molar refractivity (Wildman–Crippen MR) is 64.5 cm³/mol. The first-order valence-corrected chi connectivity index (χ1v) is 5.50. The van der Waals surface area contributed by atoms with E-state index in [4.69, 9.17) is 0 Å². The molecule has 0 fully saturated rings. The van der Waals surface area contributed by atoms with Crippen molar-refractivity contribution < 1.29 is 31.9 Å². The Morgan fingerprint density at radius 2 is 1.60 bits per heavy atom. The standard InChI is InChI=1S/C13H15F5O2/c1-5-6-11(8(2)3,10(20)7-9(4)19)12(14,15)13(16,17)18/h5-7,20H,2H2,1,3-4H3/b6-5+,10-7?. The van der Waals surface area contributed by atoms with Gasteiger partial charge in [0, 0.05) is 6.08 Å². The van der Waals surface area contributed by atoms with Gasteiger partial charge in [-0.3, -0.25) is 4.79 Å². The van der Waals surface area contributed by atoms with Crippen molar-refractivity contribution in [2.24, 2.45) is 5.41 Å². The number of halogens is 5. The first-order valence-electron chi connectivity index (χ1n) is 5.50. The Balaban J connectivity index is 6.50. The fraction of sp³-hybridized carbons (Fsp3) is 0.462. The molecule has 0 amide bonds. The second-order valence-electron chi connectivity index (χ2n) is 4.30. The van der Waals surface area contributed by atoms with E-state index in [0.717, 1.165) is 19.9 Å². The third kappa shape index (κ3) is 2.91. The summed E-state index contributed by atoms with van der Waals surface area (Å²) in [5.74, 6) is -7.59. The number of hydrogen-bond acceptors (Lipinski definition) is 2. The van der Waals surface area contributed by atoms with Crippen LogP contribution >= 0.6 is 0 Å². The summed E-state index contributed by atoms with van der Waals surface area (Å²) >= 11 is 0. The van der Waals surface area contributed by atoms with Gasteiger partial charge in [0.25, 0.3) is 0 Å². The molecule has 1 N–H and O–H groups in total. The number of hydrogen-bond donors (Lipinski definition) is 1. The van der Waals surface area contributed by atoms with Crippen LogP contribution in [-0.2, 0) is 4.79 Å². The minimum absolute atomic E-state index is 0.328. The fourth-order valence-electron chi connectivity index (χ4n) is 1.76. The zero-order valence-corrected chi connectivity index (χ0v) is 11.2. The molecule has 0 saturated carbocycles. The summed E-state index contributed by atoms with van der Waals surface area (Å²) < 4.78 is 65.7. The Bertz CT molecular complexity index is 460. The molecule has 0 rings (SSSR count). The number of aliphatic hydroxyl groups is 1. The molecule has 0 aliphatic heterocycles. The number of allylic oxidation sites excluding steroid dienone is 3. The SMILES string of the molecule is C=C(C)C(/C=C/C)(C(O)=CC(C)=O)C(F)(F)C(F)(F)F. The number of carbonyl (C=O) groups excluding carboxylic acids is 1. The lowest BCUT2D eigenvalue weighted by Crippen LogP contribution is -2.52. The average Bonchev–Trinajstić information content (AvgIpc) is 2.21. The maximum atomic E-state index is 13.8. The van der Waals surface area contributed by atoms with Crippen molar-refractivity contribution in [1.82, 2.24) is 0 Å². The van der Waals surface area contributed by atoms with Crippen LogP contribution in [0.25, 0.3) is 0 Å². The Labute approximate surface area is 113 Å². The molecule has 0 aliphatic rings. The van der Waals surface area contributed by atoms with E-state index in [1.807, 2.05) is 0 Å². The molecule has 7 heteroatoms. The van der Waals surface area contributed by atoms with E-state index in [0.29, 0.717) is 12.2 Å². The van der Waals surface area contributed by atoms with E-state index in [-0.39, 0.29) is 0 Å². The Hall–Kier alpha value is -1.66. The number of ketones is 1. The quantitative estimate of drug-likeness (QED) is 0.354. The topological polar surface area (TPSA) is 37.3 Å². The lowest BCUT2D eigenvalue weighted by molar-refractivity contribution is -0.309. The first-order chi connectivity index (χ1) is 8.84. The molecule has 0 heterocycles. The van der Waals surface area contributed by atoms with E-state index in [2.05, 4.69) is 6.58 Å². The summed E-state index contributed by atoms with van der Waals surface area (Å²) in [4.78, 5) is 10.9. The van der Waals surface area contributed by atoms with Crippen LogP contribution < -0.4 is 0 Å². The van der Waals surface area contributed by atoms with Crippen LogP contribution in [0, 0.1) is 5.41 Å². The van der Waals surface area contributed by atoms with Crippen molar-refractivity contribution in [3.63, 3.8) is 0 Å². The van der Waals surface area contributed by atoms with Crippen LogP contribution in [0.15, 0.2) is 36.1 Å². The number of aliphatic hydroxyl groups excluding tert-OH is 1. The smallest absolute Gasteiger partial charge is 0.455 e. The lowest BCUT2D eigenvalue weighted by atomic mass is 9.72. The molecule has 0 spiro atoms. The van der Waals surface area contributed by atoms with Crippen molar-refractivity contribution in [2.45, 2.75) is 32.9 Å². The van der Waals surface area contributed by atoms with Gasteiger partial charge in [-0.05, 0) is 20.8 Å². The molecule has 20 heavy (non-hydrogen) atoms. The molecule has 1 unspecified atom stereocenters. The summed E-state index contributed by atoms with van der Waals surface area (Å²) in [6.45, 7) is 6.16. The van der Waals surface area contributed by atoms with Crippen molar-refractivity contribution in [3.8, 4) is 0 Å². The summed E-state index contributed by atoms with van der Waals surface area (Å²) in [5, 5.41) is 9.68. The van der Waals surface area contributed by atoms with Gasteiger partial charge in [0.15, 0.2) is 5.78 Å². The van der Waals surface area contributed by atoms with Crippen molar-refractivity contribution in [1.29, 1.82) is 0 Å². The average molecular weight is 298 g/mol. The van der Waals surface area contributed by atoms with Crippen molar-refractivity contribution in [3.05, 3.63) is 36.1 Å². The van der Waals surface area contributed by atoms with Crippen LogP contribution in [-0.4, -0.2) is 23.0 Å². The maximum Gasteiger partial charge on any atom is 0.455 e. The minimum atomic E-state index is -5.93. The third-order valence-corrected chi connectivity index (χ3v) is 2.69. The monoisotopic (exact) mass is 298 g/mol. The van der Waals surface area contributed by atoms with E-state index >= 15 is 0 Å². The van der Waals surface area contributed by atoms with E-state index in [1.165, 1.54) is 6.92 Å². The molecule has 114 valence electrons. The molecule has 0 aromatic rings. The highest BCUT2D eigenvalue weighted by Gasteiger charge is 2.71. The normalized spacial score (nSPS) is 17.1. The van der Waals surface area contributed by atoms with Crippen LogP contribution in [0.5, 0.6) is 0 Å². The van der Waals surface area contributed by atoms with Crippen LogP contribution in [0.4, 0.5) is 22.0 Å². The Morgan fingerprint density at radius 1 is 1.15 bits per heavy atom. The summed E-state index contributed by atoms with van der Waals surface area (Å²) in [6, 6.07) is 0. The second-order valence-corrected chi connectivity index (χ2v) is 4.30. The fourth-order valence-corrected chi connectivity index (χ4v) is 1.76. The number of alkyl halides is 5. The summed E-state index contributed by atoms with van der Waals surface area (Å²) in [5.41, 5.74) is -3.86. The second kappa shape index (κ2) is 5.76. The molecule has 0 aromatic carbocycles. The van der Waals surface area contributed by atoms with Gasteiger partial charge in [0.2, 0.25) is 0 Å². The zero-order valence-electron chi connectivity index (χ0n) is 11.2. The van der Waals surface area contributed by atoms with Gasteiger partial charge < -0.3 is 5.11 Å². The molecule has 0 radical (unpaired) electrons. The Morgan fingerprint density at radius 3 is 1.85 bits per heavy atom. The lowest BCUT2D eigenvalue weighted by Gasteiger charge is -2.39. The predicted octanol–water partition coefficient (Wildman–Crippen LogP) is 4.35. The van der Waals surface area contributed by atoms with Gasteiger partial charge in [-0.15, -0.1) is 0 Å². The van der Waals surface area contributed by atoms with Gasteiger partial charge in [-0.2, -0.15) is 22.0 Å². The molecule has 2 nitrogen and oxygen atoms in total. The summed E-state index contributed by atoms with van der Waals surface area (Å²) in [6.07, 6.45) is -4.19. The highest BCUT2D eigenvalue weighted by molar-refractivity contribution is 5.88. The van der Waals surface area contributed by atoms with E-state index in [9.17, 15) is 31.9 Å². The molecule has 0 bridgehead atoms. The van der Waals surface area contributed by atoms with E-state index < -0.39 is 34.6 Å². The number of carbonyl (C=O) groups is 1. The number of rotatable bonds is 5. The van der Waals surface area contributed by atoms with Crippen molar-refractivity contribution in [2.75, 3.05) is 0 Å². The molecule has 0 aromatic heterocycles. The van der Waals surface area contributed by atoms with Gasteiger partial charge in [0.05, 0.1) is 0 Å². The Kier molecular flexibility index (Phi) is 5.29. The largest absolute Gasteiger partial charge is 0.511 e. The summed E-state index contributed by atoms with van der Waals surface area (Å²) in [7, 11) is 0. The first kappa shape index (κ1) is 18.3. The van der Waals surface area contributed by atoms with Gasteiger partial charge >= 0.3 is 12.1 Å². The van der Waals surface area contributed by atoms with Crippen LogP contribution in [0.2, 0.25) is 0 Å². The highest BCUT2D eigenvalue weighted by atomic mass is 19.4. The van der Waals surface area contributed by atoms with Gasteiger partial charge in [-0.25, -0.2) is 0 Å². The maximum absolute atomic E-state index is 13.8. The minimum Gasteiger partial charge on any atom is -0.511 e. The zero-order chi connectivity index (χ0) is 16.4. The van der Waals surface area contributed by atoms with Crippen molar-refractivity contribution >= 4 is 5.78 Å².